The van der Waals surface area contributed by atoms with Crippen molar-refractivity contribution >= 4 is 10.9 Å². The van der Waals surface area contributed by atoms with E-state index >= 15 is 0 Å². The molecule has 0 aliphatic carbocycles. The van der Waals surface area contributed by atoms with E-state index in [1.165, 1.54) is 6.07 Å². The summed E-state index contributed by atoms with van der Waals surface area (Å²) < 4.78 is 15.7. The van der Waals surface area contributed by atoms with E-state index in [0.717, 1.165) is 10.9 Å². The maximum absolute atomic E-state index is 14.0. The number of hydrogen-bond donors (Lipinski definition) is 1. The van der Waals surface area contributed by atoms with Gasteiger partial charge in [-0.15, -0.1) is 0 Å². The van der Waals surface area contributed by atoms with Crippen molar-refractivity contribution in [2.45, 2.75) is 13.0 Å². The number of hydrogen-bond acceptors (Lipinski definition) is 2. The predicted octanol–water partition coefficient (Wildman–Crippen LogP) is 3.18. The van der Waals surface area contributed by atoms with Crippen LogP contribution in [0.4, 0.5) is 4.39 Å². The van der Waals surface area contributed by atoms with Gasteiger partial charge in [0.05, 0.1) is 17.4 Å². The third-order valence-corrected chi connectivity index (χ3v) is 3.19. The first-order chi connectivity index (χ1) is 9.18. The normalized spacial score (nSPS) is 12.8. The van der Waals surface area contributed by atoms with E-state index in [0.29, 0.717) is 11.3 Å². The minimum Gasteiger partial charge on any atom is -0.324 e. The number of rotatable bonds is 2. The average Bonchev–Trinajstić information content (AvgIpc) is 2.81. The largest absolute Gasteiger partial charge is 0.324 e. The van der Waals surface area contributed by atoms with E-state index in [9.17, 15) is 4.39 Å². The summed E-state index contributed by atoms with van der Waals surface area (Å²) >= 11 is 0. The van der Waals surface area contributed by atoms with Crippen LogP contribution in [0.25, 0.3) is 16.6 Å². The van der Waals surface area contributed by atoms with Gasteiger partial charge < -0.3 is 5.73 Å². The van der Waals surface area contributed by atoms with E-state index in [1.807, 2.05) is 30.3 Å². The summed E-state index contributed by atoms with van der Waals surface area (Å²) in [5, 5.41) is 5.36. The molecular weight excluding hydrogens is 241 g/mol. The van der Waals surface area contributed by atoms with Gasteiger partial charge in [0.15, 0.2) is 0 Å². The molecule has 96 valence electrons. The fourth-order valence-corrected chi connectivity index (χ4v) is 2.32. The third-order valence-electron chi connectivity index (χ3n) is 3.19. The molecule has 0 fully saturated rings. The summed E-state index contributed by atoms with van der Waals surface area (Å²) in [5.74, 6) is -0.299. The zero-order valence-electron chi connectivity index (χ0n) is 10.5. The highest BCUT2D eigenvalue weighted by molar-refractivity contribution is 5.80. The van der Waals surface area contributed by atoms with Crippen LogP contribution in [-0.4, -0.2) is 9.78 Å². The van der Waals surface area contributed by atoms with Gasteiger partial charge in [0.2, 0.25) is 0 Å². The van der Waals surface area contributed by atoms with E-state index in [2.05, 4.69) is 5.10 Å². The summed E-state index contributed by atoms with van der Waals surface area (Å²) in [6, 6.07) is 12.4. The molecule has 0 saturated carbocycles. The number of para-hydroxylation sites is 1. The van der Waals surface area contributed by atoms with Crippen LogP contribution >= 0.6 is 0 Å². The molecule has 3 aromatic rings. The number of aromatic nitrogens is 2. The number of nitrogens with two attached hydrogens (primary N) is 1. The SMILES string of the molecule is CC(N)c1c(F)cccc1-n1ncc2ccccc21. The zero-order valence-corrected chi connectivity index (χ0v) is 10.5. The van der Waals surface area contributed by atoms with Crippen LogP contribution < -0.4 is 5.73 Å². The molecule has 0 radical (unpaired) electrons. The van der Waals surface area contributed by atoms with Gasteiger partial charge in [-0.3, -0.25) is 0 Å². The van der Waals surface area contributed by atoms with E-state index in [4.69, 9.17) is 5.73 Å². The minimum atomic E-state index is -0.390. The van der Waals surface area contributed by atoms with Gasteiger partial charge in [-0.2, -0.15) is 5.10 Å². The topological polar surface area (TPSA) is 43.8 Å². The maximum atomic E-state index is 14.0. The summed E-state index contributed by atoms with van der Waals surface area (Å²) in [6.45, 7) is 1.77. The fourth-order valence-electron chi connectivity index (χ4n) is 2.32. The standard InChI is InChI=1S/C15H14FN3/c1-10(17)15-12(16)6-4-8-14(15)19-13-7-3-2-5-11(13)9-18-19/h2-10H,17H2,1H3. The van der Waals surface area contributed by atoms with Crippen LogP contribution in [-0.2, 0) is 0 Å². The van der Waals surface area contributed by atoms with Crippen LogP contribution in [0.1, 0.15) is 18.5 Å². The monoisotopic (exact) mass is 255 g/mol. The summed E-state index contributed by atoms with van der Waals surface area (Å²) in [4.78, 5) is 0. The predicted molar refractivity (Wildman–Crippen MR) is 73.6 cm³/mol. The third kappa shape index (κ3) is 1.90. The molecule has 0 spiro atoms. The van der Waals surface area contributed by atoms with Gasteiger partial charge in [-0.25, -0.2) is 9.07 Å². The van der Waals surface area contributed by atoms with Crippen LogP contribution in [0, 0.1) is 5.82 Å². The Hall–Kier alpha value is -2.20. The lowest BCUT2D eigenvalue weighted by Crippen LogP contribution is -2.12. The van der Waals surface area contributed by atoms with Crippen molar-refractivity contribution < 1.29 is 4.39 Å². The summed E-state index contributed by atoms with van der Waals surface area (Å²) in [6.07, 6.45) is 1.77. The molecule has 2 aromatic carbocycles. The van der Waals surface area contributed by atoms with Crippen molar-refractivity contribution in [2.24, 2.45) is 5.73 Å². The molecule has 1 unspecified atom stereocenters. The Balaban J connectivity index is 2.30. The fraction of sp³-hybridized carbons (Fsp3) is 0.133. The van der Waals surface area contributed by atoms with Crippen LogP contribution in [0.15, 0.2) is 48.7 Å². The smallest absolute Gasteiger partial charge is 0.130 e. The first kappa shape index (κ1) is 11.9. The zero-order chi connectivity index (χ0) is 13.4. The molecule has 0 aliphatic heterocycles. The first-order valence-corrected chi connectivity index (χ1v) is 6.15. The van der Waals surface area contributed by atoms with Crippen molar-refractivity contribution in [1.82, 2.24) is 9.78 Å². The van der Waals surface area contributed by atoms with Gasteiger partial charge in [-0.1, -0.05) is 24.3 Å². The molecule has 1 heterocycles. The maximum Gasteiger partial charge on any atom is 0.130 e. The van der Waals surface area contributed by atoms with Crippen molar-refractivity contribution in [3.05, 3.63) is 60.0 Å². The molecule has 2 N–H and O–H groups in total. The minimum absolute atomic E-state index is 0.299. The van der Waals surface area contributed by atoms with Crippen molar-refractivity contribution in [2.75, 3.05) is 0 Å². The van der Waals surface area contributed by atoms with Crippen molar-refractivity contribution in [3.63, 3.8) is 0 Å². The Morgan fingerprint density at radius 1 is 1.16 bits per heavy atom. The van der Waals surface area contributed by atoms with E-state index < -0.39 is 0 Å². The molecule has 19 heavy (non-hydrogen) atoms. The molecule has 3 rings (SSSR count). The Morgan fingerprint density at radius 2 is 1.95 bits per heavy atom. The highest BCUT2D eigenvalue weighted by Gasteiger charge is 2.15. The second kappa shape index (κ2) is 4.48. The van der Waals surface area contributed by atoms with Gasteiger partial charge in [0.25, 0.3) is 0 Å². The van der Waals surface area contributed by atoms with Crippen LogP contribution in [0.3, 0.4) is 0 Å². The van der Waals surface area contributed by atoms with Crippen molar-refractivity contribution in [3.8, 4) is 5.69 Å². The highest BCUT2D eigenvalue weighted by atomic mass is 19.1. The summed E-state index contributed by atoms with van der Waals surface area (Å²) in [7, 11) is 0. The molecule has 0 bridgehead atoms. The molecule has 0 aliphatic rings. The number of halogens is 1. The quantitative estimate of drug-likeness (QED) is 0.764. The number of nitrogens with zero attached hydrogens (tertiary/aromatic N) is 2. The highest BCUT2D eigenvalue weighted by Crippen LogP contribution is 2.26. The van der Waals surface area contributed by atoms with Gasteiger partial charge in [0, 0.05) is 17.0 Å². The average molecular weight is 255 g/mol. The van der Waals surface area contributed by atoms with Crippen LogP contribution in [0.2, 0.25) is 0 Å². The van der Waals surface area contributed by atoms with E-state index in [1.54, 1.807) is 23.9 Å². The lowest BCUT2D eigenvalue weighted by atomic mass is 10.1. The lowest BCUT2D eigenvalue weighted by Gasteiger charge is -2.14. The second-order valence-electron chi connectivity index (χ2n) is 4.58. The second-order valence-corrected chi connectivity index (χ2v) is 4.58. The molecule has 4 heteroatoms. The lowest BCUT2D eigenvalue weighted by molar-refractivity contribution is 0.590. The first-order valence-electron chi connectivity index (χ1n) is 6.15. The Bertz CT molecular complexity index is 731. The van der Waals surface area contributed by atoms with Gasteiger partial charge in [0.1, 0.15) is 5.82 Å². The molecule has 3 nitrogen and oxygen atoms in total. The molecule has 1 atom stereocenters. The number of benzene rings is 2. The van der Waals surface area contributed by atoms with Gasteiger partial charge >= 0.3 is 0 Å². The van der Waals surface area contributed by atoms with Crippen LogP contribution in [0.5, 0.6) is 0 Å². The molecular formula is C15H14FN3. The Morgan fingerprint density at radius 3 is 2.74 bits per heavy atom. The molecule has 1 aromatic heterocycles. The molecule has 0 amide bonds. The van der Waals surface area contributed by atoms with Crippen molar-refractivity contribution in [1.29, 1.82) is 0 Å². The Labute approximate surface area is 110 Å². The molecule has 0 saturated heterocycles. The Kier molecular flexibility index (Phi) is 2.80. The van der Waals surface area contributed by atoms with Gasteiger partial charge in [-0.05, 0) is 25.1 Å². The summed E-state index contributed by atoms with van der Waals surface area (Å²) in [5.41, 5.74) is 8.00. The number of fused-ring (bicyclic) bond motifs is 1. The van der Waals surface area contributed by atoms with E-state index in [-0.39, 0.29) is 11.9 Å².